The van der Waals surface area contributed by atoms with Crippen molar-refractivity contribution in [3.05, 3.63) is 35.9 Å². The lowest BCUT2D eigenvalue weighted by atomic mass is 10.2. The van der Waals surface area contributed by atoms with Crippen molar-refractivity contribution in [3.63, 3.8) is 0 Å². The number of nitrogens with one attached hydrogen (secondary N) is 1. The van der Waals surface area contributed by atoms with Crippen LogP contribution in [-0.4, -0.2) is 22.3 Å². The van der Waals surface area contributed by atoms with E-state index in [0.29, 0.717) is 0 Å². The molecule has 0 fully saturated rings. The molecular formula is C12H11F3N4O2. The van der Waals surface area contributed by atoms with Crippen LogP contribution in [0.15, 0.2) is 24.4 Å². The molecule has 112 valence electrons. The highest BCUT2D eigenvalue weighted by molar-refractivity contribution is 6.06. The Labute approximate surface area is 117 Å². The van der Waals surface area contributed by atoms with Gasteiger partial charge in [-0.1, -0.05) is 0 Å². The number of ether oxygens (including phenoxy) is 1. The molecule has 0 saturated carbocycles. The van der Waals surface area contributed by atoms with Crippen molar-refractivity contribution in [3.8, 4) is 5.75 Å². The van der Waals surface area contributed by atoms with Gasteiger partial charge >= 0.3 is 6.61 Å². The zero-order valence-corrected chi connectivity index (χ0v) is 10.8. The van der Waals surface area contributed by atoms with Crippen molar-refractivity contribution in [2.75, 3.05) is 11.1 Å². The zero-order valence-electron chi connectivity index (χ0n) is 10.8. The van der Waals surface area contributed by atoms with Crippen molar-refractivity contribution in [1.82, 2.24) is 9.78 Å². The van der Waals surface area contributed by atoms with Crippen molar-refractivity contribution in [2.45, 2.75) is 6.61 Å². The van der Waals surface area contributed by atoms with E-state index in [-0.39, 0.29) is 17.1 Å². The van der Waals surface area contributed by atoms with E-state index in [1.807, 2.05) is 0 Å². The second kappa shape index (κ2) is 5.73. The number of anilines is 2. The minimum absolute atomic E-state index is 0.0692. The van der Waals surface area contributed by atoms with Crippen LogP contribution in [0.25, 0.3) is 0 Å². The molecule has 0 radical (unpaired) electrons. The van der Waals surface area contributed by atoms with Gasteiger partial charge in [0.15, 0.2) is 11.6 Å². The van der Waals surface area contributed by atoms with Gasteiger partial charge < -0.3 is 15.8 Å². The van der Waals surface area contributed by atoms with Gasteiger partial charge in [-0.15, -0.1) is 0 Å². The number of benzene rings is 1. The number of amides is 1. The number of aryl methyl sites for hydroxylation is 1. The molecule has 0 aliphatic rings. The van der Waals surface area contributed by atoms with Crippen molar-refractivity contribution in [1.29, 1.82) is 0 Å². The first-order valence-electron chi connectivity index (χ1n) is 5.71. The number of hydrogen-bond donors (Lipinski definition) is 2. The number of aromatic nitrogens is 2. The van der Waals surface area contributed by atoms with Gasteiger partial charge in [-0.2, -0.15) is 13.9 Å². The summed E-state index contributed by atoms with van der Waals surface area (Å²) in [6, 6.07) is 3.08. The number of nitrogens with two attached hydrogens (primary N) is 1. The predicted molar refractivity (Wildman–Crippen MR) is 68.6 cm³/mol. The molecule has 0 unspecified atom stereocenters. The number of alkyl halides is 2. The normalized spacial score (nSPS) is 10.7. The summed E-state index contributed by atoms with van der Waals surface area (Å²) in [5, 5.41) is 6.18. The van der Waals surface area contributed by atoms with E-state index in [1.54, 1.807) is 0 Å². The van der Waals surface area contributed by atoms with E-state index in [0.717, 1.165) is 12.1 Å². The Kier molecular flexibility index (Phi) is 4.01. The molecule has 1 aromatic carbocycles. The minimum Gasteiger partial charge on any atom is -0.432 e. The molecule has 1 heterocycles. The third-order valence-electron chi connectivity index (χ3n) is 2.59. The average molecular weight is 300 g/mol. The maximum absolute atomic E-state index is 13.5. The molecule has 1 aromatic heterocycles. The minimum atomic E-state index is -3.13. The lowest BCUT2D eigenvalue weighted by molar-refractivity contribution is -0.0521. The Bertz CT molecular complexity index is 653. The van der Waals surface area contributed by atoms with E-state index in [1.165, 1.54) is 24.0 Å². The number of carbonyl (C=O) groups is 1. The summed E-state index contributed by atoms with van der Waals surface area (Å²) < 4.78 is 42.7. The molecule has 0 aliphatic carbocycles. The zero-order chi connectivity index (χ0) is 15.6. The first-order valence-corrected chi connectivity index (χ1v) is 5.71. The van der Waals surface area contributed by atoms with Crippen LogP contribution in [0.3, 0.4) is 0 Å². The van der Waals surface area contributed by atoms with Crippen molar-refractivity contribution >= 4 is 17.3 Å². The highest BCUT2D eigenvalue weighted by Crippen LogP contribution is 2.23. The van der Waals surface area contributed by atoms with E-state index >= 15 is 0 Å². The molecule has 0 aliphatic heterocycles. The predicted octanol–water partition coefficient (Wildman–Crippen LogP) is 2.00. The third kappa shape index (κ3) is 3.25. The molecule has 0 spiro atoms. The van der Waals surface area contributed by atoms with E-state index in [4.69, 9.17) is 5.73 Å². The van der Waals surface area contributed by atoms with Gasteiger partial charge in [0.1, 0.15) is 5.69 Å². The van der Waals surface area contributed by atoms with E-state index in [2.05, 4.69) is 15.2 Å². The summed E-state index contributed by atoms with van der Waals surface area (Å²) in [5.41, 5.74) is 5.91. The van der Waals surface area contributed by atoms with Crippen LogP contribution in [0.2, 0.25) is 0 Å². The Hall–Kier alpha value is -2.71. The number of nitrogens with zero attached hydrogens (tertiary/aromatic N) is 2. The number of halogens is 3. The molecule has 1 amide bonds. The lowest BCUT2D eigenvalue weighted by Gasteiger charge is -2.09. The van der Waals surface area contributed by atoms with E-state index < -0.39 is 24.1 Å². The molecule has 9 heteroatoms. The number of rotatable bonds is 4. The molecule has 21 heavy (non-hydrogen) atoms. The number of hydrogen-bond acceptors (Lipinski definition) is 4. The first kappa shape index (κ1) is 14.7. The molecule has 0 saturated heterocycles. The fourth-order valence-corrected chi connectivity index (χ4v) is 1.69. The van der Waals surface area contributed by atoms with Crippen LogP contribution < -0.4 is 15.8 Å². The van der Waals surface area contributed by atoms with E-state index in [9.17, 15) is 18.0 Å². The fraction of sp³-hybridized carbons (Fsp3) is 0.167. The molecular weight excluding hydrogens is 289 g/mol. The molecule has 6 nitrogen and oxygen atoms in total. The van der Waals surface area contributed by atoms with Crippen LogP contribution in [0.1, 0.15) is 10.5 Å². The van der Waals surface area contributed by atoms with Gasteiger partial charge in [0, 0.05) is 18.8 Å². The van der Waals surface area contributed by atoms with Crippen LogP contribution in [-0.2, 0) is 7.05 Å². The van der Waals surface area contributed by atoms with Crippen LogP contribution in [0.4, 0.5) is 24.5 Å². The SMILES string of the molecule is Cn1ncc(N)c1C(=O)Nc1ccc(OC(F)F)c(F)c1. The largest absolute Gasteiger partial charge is 0.432 e. The van der Waals surface area contributed by atoms with Gasteiger partial charge in [-0.25, -0.2) is 4.39 Å². The summed E-state index contributed by atoms with van der Waals surface area (Å²) in [4.78, 5) is 12.0. The number of nitrogen functional groups attached to an aromatic ring is 1. The Morgan fingerprint density at radius 3 is 2.71 bits per heavy atom. The van der Waals surface area contributed by atoms with Gasteiger partial charge in [-0.05, 0) is 12.1 Å². The lowest BCUT2D eigenvalue weighted by Crippen LogP contribution is -2.17. The summed E-state index contributed by atoms with van der Waals surface area (Å²) in [6.07, 6.45) is 1.30. The standard InChI is InChI=1S/C12H11F3N4O2/c1-19-10(8(16)5-17-19)11(20)18-6-2-3-9(7(13)4-6)21-12(14)15/h2-5,12H,16H2,1H3,(H,18,20). The quantitative estimate of drug-likeness (QED) is 0.904. The van der Waals surface area contributed by atoms with Gasteiger partial charge in [0.05, 0.1) is 11.9 Å². The molecule has 3 N–H and O–H groups in total. The smallest absolute Gasteiger partial charge is 0.387 e. The second-order valence-corrected chi connectivity index (χ2v) is 4.05. The Balaban J connectivity index is 2.17. The summed E-state index contributed by atoms with van der Waals surface area (Å²) in [7, 11) is 1.52. The third-order valence-corrected chi connectivity index (χ3v) is 2.59. The highest BCUT2D eigenvalue weighted by Gasteiger charge is 2.16. The Morgan fingerprint density at radius 1 is 1.48 bits per heavy atom. The molecule has 2 rings (SSSR count). The summed E-state index contributed by atoms with van der Waals surface area (Å²) >= 11 is 0. The van der Waals surface area contributed by atoms with Crippen LogP contribution >= 0.6 is 0 Å². The topological polar surface area (TPSA) is 82.2 Å². The monoisotopic (exact) mass is 300 g/mol. The van der Waals surface area contributed by atoms with Crippen molar-refractivity contribution < 1.29 is 22.7 Å². The maximum atomic E-state index is 13.5. The van der Waals surface area contributed by atoms with Gasteiger partial charge in [0.25, 0.3) is 5.91 Å². The number of carbonyl (C=O) groups excluding carboxylic acids is 1. The maximum Gasteiger partial charge on any atom is 0.387 e. The molecule has 2 aromatic rings. The van der Waals surface area contributed by atoms with Crippen LogP contribution in [0, 0.1) is 5.82 Å². The summed E-state index contributed by atoms with van der Waals surface area (Å²) in [5.74, 6) is -2.23. The second-order valence-electron chi connectivity index (χ2n) is 4.05. The average Bonchev–Trinajstić information content (AvgIpc) is 2.72. The molecule has 0 bridgehead atoms. The van der Waals surface area contributed by atoms with Crippen molar-refractivity contribution in [2.24, 2.45) is 7.05 Å². The Morgan fingerprint density at radius 2 is 2.19 bits per heavy atom. The summed E-state index contributed by atoms with van der Waals surface area (Å²) in [6.45, 7) is -3.13. The first-order chi connectivity index (χ1) is 9.88. The fourth-order valence-electron chi connectivity index (χ4n) is 1.69. The van der Waals surface area contributed by atoms with Crippen LogP contribution in [0.5, 0.6) is 5.75 Å². The van der Waals surface area contributed by atoms with Gasteiger partial charge in [0.2, 0.25) is 0 Å². The van der Waals surface area contributed by atoms with Gasteiger partial charge in [-0.3, -0.25) is 9.48 Å². The highest BCUT2D eigenvalue weighted by atomic mass is 19.3. The molecule has 0 atom stereocenters.